The summed E-state index contributed by atoms with van der Waals surface area (Å²) in [6.45, 7) is 8.15. The second-order valence-electron chi connectivity index (χ2n) is 6.89. The van der Waals surface area contributed by atoms with E-state index in [0.717, 1.165) is 5.56 Å². The Morgan fingerprint density at radius 1 is 1.04 bits per heavy atom. The van der Waals surface area contributed by atoms with Crippen molar-refractivity contribution < 1.29 is 29.3 Å². The molecule has 6 heteroatoms. The summed E-state index contributed by atoms with van der Waals surface area (Å²) in [5.74, 6) is -1.68. The van der Waals surface area contributed by atoms with E-state index in [4.69, 9.17) is 9.47 Å². The number of aryl methyl sites for hydroxylation is 1. The second kappa shape index (κ2) is 9.57. The summed E-state index contributed by atoms with van der Waals surface area (Å²) in [6, 6.07) is 4.75. The fourth-order valence-corrected chi connectivity index (χ4v) is 2.23. The third kappa shape index (κ3) is 5.73. The number of hydrogen-bond acceptors (Lipinski definition) is 6. The van der Waals surface area contributed by atoms with Crippen molar-refractivity contribution in [1.82, 2.24) is 0 Å². The van der Waals surface area contributed by atoms with Gasteiger partial charge in [-0.1, -0.05) is 39.8 Å². The Hall–Kier alpha value is -2.08. The molecule has 0 aliphatic carbocycles. The Balaban J connectivity index is 3.03. The van der Waals surface area contributed by atoms with Crippen LogP contribution in [0.4, 0.5) is 0 Å². The molecule has 2 N–H and O–H groups in total. The Bertz CT molecular complexity index is 599. The summed E-state index contributed by atoms with van der Waals surface area (Å²) in [7, 11) is 0. The molecule has 0 aliphatic rings. The largest absolute Gasteiger partial charge is 0.508 e. The van der Waals surface area contributed by atoms with Gasteiger partial charge in [0.15, 0.2) is 5.60 Å². The molecule has 146 valence electrons. The van der Waals surface area contributed by atoms with E-state index < -0.39 is 30.8 Å². The molecule has 0 spiro atoms. The molecular formula is C20H30O6. The Kier molecular flexibility index (Phi) is 8.08. The number of benzene rings is 1. The molecule has 0 fully saturated rings. The first-order valence-electron chi connectivity index (χ1n) is 9.00. The Morgan fingerprint density at radius 3 is 1.88 bits per heavy atom. The molecule has 0 radical (unpaired) electrons. The van der Waals surface area contributed by atoms with E-state index in [9.17, 15) is 19.8 Å². The van der Waals surface area contributed by atoms with Gasteiger partial charge in [-0.15, -0.1) is 0 Å². The number of aromatic hydroxyl groups is 1. The first-order chi connectivity index (χ1) is 12.1. The topological polar surface area (TPSA) is 93.1 Å². The van der Waals surface area contributed by atoms with Gasteiger partial charge in [0.2, 0.25) is 0 Å². The molecule has 2 atom stereocenters. The van der Waals surface area contributed by atoms with Crippen molar-refractivity contribution in [2.45, 2.75) is 53.1 Å². The maximum Gasteiger partial charge on any atom is 0.308 e. The highest BCUT2D eigenvalue weighted by Gasteiger charge is 2.36. The summed E-state index contributed by atoms with van der Waals surface area (Å²) in [5.41, 5.74) is -0.872. The number of phenols is 1. The van der Waals surface area contributed by atoms with E-state index in [1.54, 1.807) is 32.9 Å². The predicted octanol–water partition coefficient (Wildman–Crippen LogP) is 3.07. The lowest BCUT2D eigenvalue weighted by atomic mass is 9.93. The molecule has 0 saturated heterocycles. The number of ether oxygens (including phenoxy) is 2. The van der Waals surface area contributed by atoms with Crippen molar-refractivity contribution >= 4 is 11.9 Å². The molecule has 0 saturated carbocycles. The van der Waals surface area contributed by atoms with E-state index in [2.05, 4.69) is 0 Å². The minimum Gasteiger partial charge on any atom is -0.508 e. The monoisotopic (exact) mass is 366 g/mol. The highest BCUT2D eigenvalue weighted by atomic mass is 16.6. The normalized spacial score (nSPS) is 13.8. The molecule has 1 rings (SSSR count). The summed E-state index contributed by atoms with van der Waals surface area (Å²) in [4.78, 5) is 24.0. The van der Waals surface area contributed by atoms with Crippen molar-refractivity contribution in [3.8, 4) is 5.75 Å². The maximum absolute atomic E-state index is 12.0. The molecule has 1 aromatic rings. The summed E-state index contributed by atoms with van der Waals surface area (Å²) >= 11 is 0. The lowest BCUT2D eigenvalue weighted by molar-refractivity contribution is -0.169. The quantitative estimate of drug-likeness (QED) is 0.653. The first-order valence-corrected chi connectivity index (χ1v) is 9.00. The molecule has 0 aliphatic heterocycles. The molecule has 0 amide bonds. The van der Waals surface area contributed by atoms with E-state index in [1.165, 1.54) is 6.07 Å². The van der Waals surface area contributed by atoms with Gasteiger partial charge in [-0.2, -0.15) is 0 Å². The summed E-state index contributed by atoms with van der Waals surface area (Å²) in [6.07, 6.45) is 1.21. The Labute approximate surface area is 155 Å². The van der Waals surface area contributed by atoms with Crippen LogP contribution in [0.25, 0.3) is 0 Å². The van der Waals surface area contributed by atoms with Crippen LogP contribution in [0.15, 0.2) is 18.2 Å². The van der Waals surface area contributed by atoms with Gasteiger partial charge in [0.1, 0.15) is 19.0 Å². The SMILES string of the molecule is CC[C@@H](C)C(=O)OCC(O)(COC(=O)[C@H](C)CC)c1ccc(C)cc1O. The van der Waals surface area contributed by atoms with Crippen molar-refractivity contribution in [3.05, 3.63) is 29.3 Å². The Morgan fingerprint density at radius 2 is 1.50 bits per heavy atom. The minimum atomic E-state index is -1.83. The third-order valence-corrected chi connectivity index (χ3v) is 4.59. The maximum atomic E-state index is 12.0. The van der Waals surface area contributed by atoms with Gasteiger partial charge in [0.05, 0.1) is 11.8 Å². The summed E-state index contributed by atoms with van der Waals surface area (Å²) in [5, 5.41) is 21.3. The zero-order valence-electron chi connectivity index (χ0n) is 16.2. The van der Waals surface area contributed by atoms with Gasteiger partial charge in [-0.3, -0.25) is 9.59 Å². The number of esters is 2. The van der Waals surface area contributed by atoms with Gasteiger partial charge >= 0.3 is 11.9 Å². The molecular weight excluding hydrogens is 336 g/mol. The highest BCUT2D eigenvalue weighted by molar-refractivity contribution is 5.72. The van der Waals surface area contributed by atoms with Crippen molar-refractivity contribution in [2.24, 2.45) is 11.8 Å². The average Bonchev–Trinajstić information content (AvgIpc) is 2.62. The number of phenolic OH excluding ortho intramolecular Hbond substituents is 1. The van der Waals surface area contributed by atoms with Gasteiger partial charge < -0.3 is 19.7 Å². The van der Waals surface area contributed by atoms with Crippen molar-refractivity contribution in [1.29, 1.82) is 0 Å². The van der Waals surface area contributed by atoms with Gasteiger partial charge in [-0.05, 0) is 31.4 Å². The molecule has 0 unspecified atom stereocenters. The zero-order chi connectivity index (χ0) is 19.9. The van der Waals surface area contributed by atoms with E-state index >= 15 is 0 Å². The van der Waals surface area contributed by atoms with Gasteiger partial charge in [0, 0.05) is 5.56 Å². The number of hydrogen-bond donors (Lipinski definition) is 2. The van der Waals surface area contributed by atoms with Crippen LogP contribution < -0.4 is 0 Å². The van der Waals surface area contributed by atoms with Gasteiger partial charge in [0.25, 0.3) is 0 Å². The van der Waals surface area contributed by atoms with Crippen LogP contribution in [0.3, 0.4) is 0 Å². The highest BCUT2D eigenvalue weighted by Crippen LogP contribution is 2.31. The van der Waals surface area contributed by atoms with Gasteiger partial charge in [-0.25, -0.2) is 0 Å². The predicted molar refractivity (Wildman–Crippen MR) is 97.6 cm³/mol. The average molecular weight is 366 g/mol. The number of aliphatic hydroxyl groups is 1. The molecule has 0 aromatic heterocycles. The van der Waals surface area contributed by atoms with Crippen LogP contribution in [0, 0.1) is 18.8 Å². The smallest absolute Gasteiger partial charge is 0.308 e. The standard InChI is InChI=1S/C20H30O6/c1-6-14(4)18(22)25-11-20(24,12-26-19(23)15(5)7-2)16-9-8-13(3)10-17(16)21/h8-10,14-15,21,24H,6-7,11-12H2,1-5H3/t14-,15-/m1/s1. The lowest BCUT2D eigenvalue weighted by Crippen LogP contribution is -2.39. The van der Waals surface area contributed by atoms with E-state index in [-0.39, 0.29) is 23.1 Å². The minimum absolute atomic E-state index is 0.147. The van der Waals surface area contributed by atoms with Crippen LogP contribution in [0.2, 0.25) is 0 Å². The first kappa shape index (κ1) is 22.0. The van der Waals surface area contributed by atoms with E-state index in [1.807, 2.05) is 13.8 Å². The number of rotatable bonds is 9. The second-order valence-corrected chi connectivity index (χ2v) is 6.89. The lowest BCUT2D eigenvalue weighted by Gasteiger charge is -2.29. The molecule has 0 heterocycles. The van der Waals surface area contributed by atoms with Crippen LogP contribution >= 0.6 is 0 Å². The van der Waals surface area contributed by atoms with Crippen LogP contribution in [-0.4, -0.2) is 35.4 Å². The van der Waals surface area contributed by atoms with Crippen LogP contribution in [0.5, 0.6) is 5.75 Å². The van der Waals surface area contributed by atoms with Crippen molar-refractivity contribution in [2.75, 3.05) is 13.2 Å². The van der Waals surface area contributed by atoms with Crippen LogP contribution in [0.1, 0.15) is 51.7 Å². The van der Waals surface area contributed by atoms with E-state index in [0.29, 0.717) is 12.8 Å². The zero-order valence-corrected chi connectivity index (χ0v) is 16.2. The fourth-order valence-electron chi connectivity index (χ4n) is 2.23. The molecule has 6 nitrogen and oxygen atoms in total. The molecule has 0 bridgehead atoms. The number of carbonyl (C=O) groups excluding carboxylic acids is 2. The summed E-state index contributed by atoms with van der Waals surface area (Å²) < 4.78 is 10.5. The van der Waals surface area contributed by atoms with Crippen molar-refractivity contribution in [3.63, 3.8) is 0 Å². The third-order valence-electron chi connectivity index (χ3n) is 4.59. The molecule has 1 aromatic carbocycles. The fraction of sp³-hybridized carbons (Fsp3) is 0.600. The number of carbonyl (C=O) groups is 2. The van der Waals surface area contributed by atoms with Crippen LogP contribution in [-0.2, 0) is 24.7 Å². The molecule has 26 heavy (non-hydrogen) atoms.